The summed E-state index contributed by atoms with van der Waals surface area (Å²) in [6, 6.07) is 13.4. The number of ketones is 1. The van der Waals surface area contributed by atoms with Crippen LogP contribution in [0.5, 0.6) is 11.5 Å². The van der Waals surface area contributed by atoms with Crippen LogP contribution in [0.4, 0.5) is 0 Å². The molecule has 2 aromatic rings. The Labute approximate surface area is 193 Å². The van der Waals surface area contributed by atoms with E-state index in [-0.39, 0.29) is 29.9 Å². The van der Waals surface area contributed by atoms with Gasteiger partial charge in [0, 0.05) is 30.0 Å². The maximum atomic E-state index is 13.3. The molecule has 32 heavy (non-hydrogen) atoms. The number of Topliss-reactive ketones (excluding diaryl/α,β-unsaturated/α-hetero) is 1. The van der Waals surface area contributed by atoms with Gasteiger partial charge < -0.3 is 14.8 Å². The minimum atomic E-state index is -0.289. The van der Waals surface area contributed by atoms with Gasteiger partial charge in [-0.2, -0.15) is 0 Å². The van der Waals surface area contributed by atoms with Gasteiger partial charge in [0.1, 0.15) is 11.5 Å². The standard InChI is InChI=1S/C26H28ClNO4/c1-15(2)14-32-19-7-4-16(5-8-19)18-11-22-26(23(29)12-18)20(13-25(30)28-22)17-6-9-24(31-3)21(27)10-17/h4-10,15,18,20H,11-14H2,1-3H3,(H,28,30). The first-order valence-electron chi connectivity index (χ1n) is 11.0. The molecule has 2 unspecified atom stereocenters. The lowest BCUT2D eigenvalue weighted by Crippen LogP contribution is -2.38. The highest BCUT2D eigenvalue weighted by atomic mass is 35.5. The van der Waals surface area contributed by atoms with Crippen LogP contribution in [-0.2, 0) is 9.59 Å². The number of carbonyl (C=O) groups excluding carboxylic acids is 2. The number of rotatable bonds is 6. The zero-order chi connectivity index (χ0) is 22.8. The predicted molar refractivity (Wildman–Crippen MR) is 124 cm³/mol. The van der Waals surface area contributed by atoms with Gasteiger partial charge in [-0.25, -0.2) is 0 Å². The molecule has 0 bridgehead atoms. The zero-order valence-corrected chi connectivity index (χ0v) is 19.4. The highest BCUT2D eigenvalue weighted by Gasteiger charge is 2.38. The number of amides is 1. The van der Waals surface area contributed by atoms with Crippen LogP contribution < -0.4 is 14.8 Å². The minimum absolute atomic E-state index is 0.0268. The average molecular weight is 454 g/mol. The Morgan fingerprint density at radius 1 is 1.03 bits per heavy atom. The molecule has 1 heterocycles. The summed E-state index contributed by atoms with van der Waals surface area (Å²) >= 11 is 6.32. The quantitative estimate of drug-likeness (QED) is 0.637. The molecule has 1 N–H and O–H groups in total. The van der Waals surface area contributed by atoms with E-state index < -0.39 is 0 Å². The van der Waals surface area contributed by atoms with Crippen LogP contribution in [0.2, 0.25) is 5.02 Å². The molecule has 4 rings (SSSR count). The van der Waals surface area contributed by atoms with Gasteiger partial charge in [0.05, 0.1) is 18.7 Å². The van der Waals surface area contributed by atoms with Gasteiger partial charge in [0.25, 0.3) is 0 Å². The predicted octanol–water partition coefficient (Wildman–Crippen LogP) is 5.39. The molecule has 2 aromatic carbocycles. The number of halogens is 1. The third-order valence-corrected chi connectivity index (χ3v) is 6.34. The lowest BCUT2D eigenvalue weighted by molar-refractivity contribution is -0.122. The topological polar surface area (TPSA) is 64.6 Å². The van der Waals surface area contributed by atoms with Crippen LogP contribution in [0.3, 0.4) is 0 Å². The van der Waals surface area contributed by atoms with E-state index in [1.54, 1.807) is 19.2 Å². The first-order valence-corrected chi connectivity index (χ1v) is 11.4. The number of benzene rings is 2. The van der Waals surface area contributed by atoms with E-state index in [4.69, 9.17) is 21.1 Å². The maximum absolute atomic E-state index is 13.3. The maximum Gasteiger partial charge on any atom is 0.225 e. The normalized spacial score (nSPS) is 20.8. The van der Waals surface area contributed by atoms with Crippen molar-refractivity contribution in [1.82, 2.24) is 5.32 Å². The van der Waals surface area contributed by atoms with Gasteiger partial charge in [0.2, 0.25) is 5.91 Å². The third-order valence-electron chi connectivity index (χ3n) is 6.05. The highest BCUT2D eigenvalue weighted by Crippen LogP contribution is 2.43. The van der Waals surface area contributed by atoms with Gasteiger partial charge in [0.15, 0.2) is 5.78 Å². The van der Waals surface area contributed by atoms with E-state index in [1.807, 2.05) is 30.3 Å². The zero-order valence-electron chi connectivity index (χ0n) is 18.6. The van der Waals surface area contributed by atoms with E-state index in [2.05, 4.69) is 19.2 Å². The number of hydrogen-bond acceptors (Lipinski definition) is 4. The molecule has 1 amide bonds. The van der Waals surface area contributed by atoms with Crippen molar-refractivity contribution in [2.24, 2.45) is 5.92 Å². The molecule has 0 fully saturated rings. The molecule has 0 aromatic heterocycles. The Morgan fingerprint density at radius 2 is 1.75 bits per heavy atom. The summed E-state index contributed by atoms with van der Waals surface area (Å²) in [5.74, 6) is 1.59. The van der Waals surface area contributed by atoms with Crippen molar-refractivity contribution in [3.63, 3.8) is 0 Å². The lowest BCUT2D eigenvalue weighted by Gasteiger charge is -2.34. The third kappa shape index (κ3) is 4.68. The van der Waals surface area contributed by atoms with Gasteiger partial charge in [-0.1, -0.05) is 43.6 Å². The van der Waals surface area contributed by atoms with Crippen molar-refractivity contribution in [3.05, 3.63) is 69.9 Å². The van der Waals surface area contributed by atoms with Crippen molar-refractivity contribution >= 4 is 23.3 Å². The molecular formula is C26H28ClNO4. The summed E-state index contributed by atoms with van der Waals surface area (Å²) in [4.78, 5) is 25.8. The molecule has 1 aliphatic carbocycles. The Balaban J connectivity index is 1.58. The fraction of sp³-hybridized carbons (Fsp3) is 0.385. The summed E-state index contributed by atoms with van der Waals surface area (Å²) in [6.07, 6.45) is 1.28. The summed E-state index contributed by atoms with van der Waals surface area (Å²) in [5, 5.41) is 3.44. The fourth-order valence-electron chi connectivity index (χ4n) is 4.48. The first-order chi connectivity index (χ1) is 15.4. The number of allylic oxidation sites excluding steroid dienone is 2. The van der Waals surface area contributed by atoms with Gasteiger partial charge >= 0.3 is 0 Å². The van der Waals surface area contributed by atoms with Crippen LogP contribution in [0.1, 0.15) is 56.1 Å². The monoisotopic (exact) mass is 453 g/mol. The summed E-state index contributed by atoms with van der Waals surface area (Å²) in [5.41, 5.74) is 3.38. The van der Waals surface area contributed by atoms with Crippen LogP contribution in [0.15, 0.2) is 53.7 Å². The molecule has 1 aliphatic heterocycles. The average Bonchev–Trinajstić information content (AvgIpc) is 2.77. The molecule has 0 saturated carbocycles. The minimum Gasteiger partial charge on any atom is -0.495 e. The number of nitrogens with one attached hydrogen (secondary N) is 1. The Morgan fingerprint density at radius 3 is 2.41 bits per heavy atom. The highest BCUT2D eigenvalue weighted by molar-refractivity contribution is 6.32. The van der Waals surface area contributed by atoms with Crippen LogP contribution in [0.25, 0.3) is 0 Å². The first kappa shape index (κ1) is 22.4. The summed E-state index contributed by atoms with van der Waals surface area (Å²) < 4.78 is 11.0. The molecular weight excluding hydrogens is 426 g/mol. The van der Waals surface area contributed by atoms with Crippen molar-refractivity contribution in [3.8, 4) is 11.5 Å². The van der Waals surface area contributed by atoms with Crippen molar-refractivity contribution in [2.75, 3.05) is 13.7 Å². The SMILES string of the molecule is COc1ccc(C2CC(=O)NC3=C2C(=O)CC(c2ccc(OCC(C)C)cc2)C3)cc1Cl. The van der Waals surface area contributed by atoms with Gasteiger partial charge in [-0.15, -0.1) is 0 Å². The number of carbonyl (C=O) groups is 2. The smallest absolute Gasteiger partial charge is 0.225 e. The Kier molecular flexibility index (Phi) is 6.56. The van der Waals surface area contributed by atoms with Crippen LogP contribution in [-0.4, -0.2) is 25.4 Å². The largest absolute Gasteiger partial charge is 0.495 e. The molecule has 2 aliphatic rings. The Hall–Kier alpha value is -2.79. The van der Waals surface area contributed by atoms with Crippen LogP contribution >= 0.6 is 11.6 Å². The Bertz CT molecular complexity index is 1060. The fourth-order valence-corrected chi connectivity index (χ4v) is 4.75. The second kappa shape index (κ2) is 9.37. The van der Waals surface area contributed by atoms with E-state index in [9.17, 15) is 9.59 Å². The molecule has 0 saturated heterocycles. The van der Waals surface area contributed by atoms with Gasteiger partial charge in [-0.05, 0) is 53.6 Å². The number of methoxy groups -OCH3 is 1. The summed E-state index contributed by atoms with van der Waals surface area (Å²) in [7, 11) is 1.56. The van der Waals surface area contributed by atoms with Crippen molar-refractivity contribution in [2.45, 2.75) is 44.9 Å². The van der Waals surface area contributed by atoms with Crippen molar-refractivity contribution < 1.29 is 19.1 Å². The van der Waals surface area contributed by atoms with E-state index in [1.165, 1.54) is 0 Å². The molecule has 2 atom stereocenters. The molecule has 5 nitrogen and oxygen atoms in total. The second-order valence-electron chi connectivity index (χ2n) is 8.89. The molecule has 0 spiro atoms. The molecule has 0 radical (unpaired) electrons. The molecule has 168 valence electrons. The van der Waals surface area contributed by atoms with E-state index >= 15 is 0 Å². The summed E-state index contributed by atoms with van der Waals surface area (Å²) in [6.45, 7) is 4.89. The number of hydrogen-bond donors (Lipinski definition) is 1. The van der Waals surface area contributed by atoms with E-state index in [0.29, 0.717) is 41.7 Å². The van der Waals surface area contributed by atoms with Gasteiger partial charge in [-0.3, -0.25) is 9.59 Å². The van der Waals surface area contributed by atoms with E-state index in [0.717, 1.165) is 22.6 Å². The second-order valence-corrected chi connectivity index (χ2v) is 9.30. The lowest BCUT2D eigenvalue weighted by atomic mass is 9.73. The van der Waals surface area contributed by atoms with Crippen molar-refractivity contribution in [1.29, 1.82) is 0 Å². The number of ether oxygens (including phenoxy) is 2. The molecule has 6 heteroatoms. The van der Waals surface area contributed by atoms with Crippen LogP contribution in [0, 0.1) is 5.92 Å².